The number of aryl methyl sites for hydroxylation is 1. The van der Waals surface area contributed by atoms with Crippen molar-refractivity contribution in [1.82, 2.24) is 14.4 Å². The van der Waals surface area contributed by atoms with E-state index in [2.05, 4.69) is 10.3 Å². The second-order valence-corrected chi connectivity index (χ2v) is 8.94. The molecule has 2 aromatic heterocycles. The maximum Gasteiger partial charge on any atom is 0.434 e. The third-order valence-corrected chi connectivity index (χ3v) is 6.29. The molecule has 8 nitrogen and oxygen atoms in total. The van der Waals surface area contributed by atoms with Gasteiger partial charge in [0.15, 0.2) is 5.69 Å². The number of nitrogens with zero attached hydrogens (tertiary/aromatic N) is 4. The van der Waals surface area contributed by atoms with Gasteiger partial charge in [-0.25, -0.2) is 19.2 Å². The first-order valence-electron chi connectivity index (χ1n) is 11.6. The number of hydrogen-bond donors (Lipinski definition) is 2. The summed E-state index contributed by atoms with van der Waals surface area (Å²) < 4.78 is 61.4. The predicted octanol–water partition coefficient (Wildman–Crippen LogP) is 5.06. The Morgan fingerprint density at radius 1 is 1.16 bits per heavy atom. The maximum atomic E-state index is 13.7. The summed E-state index contributed by atoms with van der Waals surface area (Å²) >= 11 is 0. The zero-order chi connectivity index (χ0) is 26.5. The highest BCUT2D eigenvalue weighted by Crippen LogP contribution is 2.35. The van der Waals surface area contributed by atoms with Gasteiger partial charge in [-0.1, -0.05) is 6.07 Å². The normalized spacial score (nSPS) is 15.4. The lowest BCUT2D eigenvalue weighted by Crippen LogP contribution is -2.38. The largest absolute Gasteiger partial charge is 0.478 e. The number of aromatic carboxylic acids is 1. The average Bonchev–Trinajstić information content (AvgIpc) is 3.31. The zero-order valence-corrected chi connectivity index (χ0v) is 19.9. The molecule has 0 aliphatic carbocycles. The lowest BCUT2D eigenvalue weighted by molar-refractivity contribution is -0.140. The molecule has 1 saturated heterocycles. The Morgan fingerprint density at radius 3 is 2.57 bits per heavy atom. The number of halogens is 4. The Bertz CT molecular complexity index is 1510. The molecule has 12 heteroatoms. The minimum atomic E-state index is -4.64. The Labute approximate surface area is 208 Å². The minimum absolute atomic E-state index is 0.115. The monoisotopic (exact) mass is 517 g/mol. The van der Waals surface area contributed by atoms with Gasteiger partial charge in [-0.05, 0) is 43.7 Å². The van der Waals surface area contributed by atoms with Gasteiger partial charge in [0.25, 0.3) is 0 Å². The number of imidazole rings is 1. The van der Waals surface area contributed by atoms with Crippen molar-refractivity contribution in [2.75, 3.05) is 36.5 Å². The highest BCUT2D eigenvalue weighted by molar-refractivity contribution is 5.96. The molecule has 37 heavy (non-hydrogen) atoms. The first-order chi connectivity index (χ1) is 17.5. The molecule has 4 aromatic rings. The van der Waals surface area contributed by atoms with Crippen LogP contribution in [-0.2, 0) is 10.9 Å². The SMILES string of the molecule is Cc1cc(C(C)Nc2ccc(F)cc2C(=O)O)c2nc(N3CCOCC3)n3cc(C(F)(F)F)nc3c2c1. The van der Waals surface area contributed by atoms with Crippen LogP contribution >= 0.6 is 0 Å². The summed E-state index contributed by atoms with van der Waals surface area (Å²) in [5.74, 6) is -1.68. The molecule has 194 valence electrons. The second-order valence-electron chi connectivity index (χ2n) is 8.94. The van der Waals surface area contributed by atoms with E-state index in [1.807, 2.05) is 11.0 Å². The van der Waals surface area contributed by atoms with Gasteiger partial charge in [0.05, 0.1) is 30.3 Å². The van der Waals surface area contributed by atoms with Crippen molar-refractivity contribution in [2.24, 2.45) is 0 Å². The number of hydrogen-bond acceptors (Lipinski definition) is 6. The topological polar surface area (TPSA) is 92.0 Å². The quantitative estimate of drug-likeness (QED) is 0.358. The van der Waals surface area contributed by atoms with Crippen LogP contribution in [0, 0.1) is 12.7 Å². The van der Waals surface area contributed by atoms with Crippen LogP contribution in [0.15, 0.2) is 36.5 Å². The molecular formula is C25H23F4N5O3. The van der Waals surface area contributed by atoms with Gasteiger partial charge in [-0.3, -0.25) is 4.40 Å². The van der Waals surface area contributed by atoms with Crippen molar-refractivity contribution < 1.29 is 32.2 Å². The number of carbonyl (C=O) groups is 1. The second kappa shape index (κ2) is 9.18. The number of nitrogens with one attached hydrogen (secondary N) is 1. The summed E-state index contributed by atoms with van der Waals surface area (Å²) in [6.45, 7) is 5.28. The number of aromatic nitrogens is 3. The van der Waals surface area contributed by atoms with Gasteiger partial charge in [0.2, 0.25) is 5.95 Å². The smallest absolute Gasteiger partial charge is 0.434 e. The van der Waals surface area contributed by atoms with Crippen molar-refractivity contribution >= 4 is 34.2 Å². The van der Waals surface area contributed by atoms with E-state index in [-0.39, 0.29) is 16.9 Å². The van der Waals surface area contributed by atoms with Crippen molar-refractivity contribution in [1.29, 1.82) is 0 Å². The number of morpholine rings is 1. The van der Waals surface area contributed by atoms with Gasteiger partial charge >= 0.3 is 12.1 Å². The Hall–Kier alpha value is -3.93. The Morgan fingerprint density at radius 2 is 1.89 bits per heavy atom. The van der Waals surface area contributed by atoms with Gasteiger partial charge in [0.1, 0.15) is 11.5 Å². The molecule has 0 radical (unpaired) electrons. The maximum absolute atomic E-state index is 13.7. The van der Waals surface area contributed by atoms with Crippen molar-refractivity contribution in [3.05, 3.63) is 64.7 Å². The lowest BCUT2D eigenvalue weighted by Gasteiger charge is -2.29. The van der Waals surface area contributed by atoms with Crippen molar-refractivity contribution in [3.8, 4) is 0 Å². The van der Waals surface area contributed by atoms with E-state index in [1.54, 1.807) is 19.9 Å². The highest BCUT2D eigenvalue weighted by atomic mass is 19.4. The molecule has 1 unspecified atom stereocenters. The lowest BCUT2D eigenvalue weighted by atomic mass is 10.0. The Balaban J connectivity index is 1.71. The third kappa shape index (κ3) is 4.64. The molecule has 1 atom stereocenters. The fraction of sp³-hybridized carbons (Fsp3) is 0.320. The van der Waals surface area contributed by atoms with Gasteiger partial charge < -0.3 is 20.1 Å². The average molecular weight is 517 g/mol. The van der Waals surface area contributed by atoms with Gasteiger partial charge in [-0.2, -0.15) is 13.2 Å². The van der Waals surface area contributed by atoms with E-state index in [0.717, 1.165) is 23.9 Å². The molecule has 1 fully saturated rings. The van der Waals surface area contributed by atoms with Crippen LogP contribution in [0.2, 0.25) is 0 Å². The number of benzene rings is 2. The third-order valence-electron chi connectivity index (χ3n) is 6.29. The number of carboxylic acid groups (broad SMARTS) is 1. The number of anilines is 2. The van der Waals surface area contributed by atoms with E-state index in [1.165, 1.54) is 10.5 Å². The zero-order valence-electron chi connectivity index (χ0n) is 19.9. The van der Waals surface area contributed by atoms with E-state index in [0.29, 0.717) is 48.7 Å². The molecule has 0 bridgehead atoms. The van der Waals surface area contributed by atoms with Crippen LogP contribution in [0.25, 0.3) is 16.6 Å². The summed E-state index contributed by atoms with van der Waals surface area (Å²) in [4.78, 5) is 22.3. The molecule has 2 aromatic carbocycles. The molecule has 0 amide bonds. The summed E-state index contributed by atoms with van der Waals surface area (Å²) in [5, 5.41) is 13.0. The van der Waals surface area contributed by atoms with Gasteiger partial charge in [-0.15, -0.1) is 0 Å². The van der Waals surface area contributed by atoms with Gasteiger partial charge in [0, 0.05) is 35.9 Å². The fourth-order valence-electron chi connectivity index (χ4n) is 4.56. The number of fused-ring (bicyclic) bond motifs is 3. The van der Waals surface area contributed by atoms with E-state index in [4.69, 9.17) is 9.72 Å². The summed E-state index contributed by atoms with van der Waals surface area (Å²) in [5.41, 5.74) is 0.865. The standard InChI is InChI=1S/C25H23F4N5O3/c1-13-9-16(14(2)30-19-4-3-15(26)11-17(19)23(35)36)21-18(10-13)22-31-20(25(27,28)29)12-34(22)24(32-21)33-5-7-37-8-6-33/h3-4,9-12,14,30H,5-8H2,1-2H3,(H,35,36). The van der Waals surface area contributed by atoms with E-state index < -0.39 is 29.7 Å². The van der Waals surface area contributed by atoms with Crippen LogP contribution in [0.5, 0.6) is 0 Å². The summed E-state index contributed by atoms with van der Waals surface area (Å²) in [6, 6.07) is 6.44. The number of ether oxygens (including phenoxy) is 1. The number of carboxylic acids is 1. The first-order valence-corrected chi connectivity index (χ1v) is 11.6. The van der Waals surface area contributed by atoms with Crippen LogP contribution in [0.3, 0.4) is 0 Å². The molecule has 1 aliphatic heterocycles. The van der Waals surface area contributed by atoms with E-state index in [9.17, 15) is 27.5 Å². The Kier molecular flexibility index (Phi) is 6.14. The van der Waals surface area contributed by atoms with Crippen LogP contribution < -0.4 is 10.2 Å². The molecule has 5 rings (SSSR count). The summed E-state index contributed by atoms with van der Waals surface area (Å²) in [7, 11) is 0. The van der Waals surface area contributed by atoms with E-state index >= 15 is 0 Å². The predicted molar refractivity (Wildman–Crippen MR) is 129 cm³/mol. The number of alkyl halides is 3. The van der Waals surface area contributed by atoms with Crippen LogP contribution in [0.1, 0.15) is 40.1 Å². The molecule has 1 aliphatic rings. The molecule has 2 N–H and O–H groups in total. The molecule has 0 saturated carbocycles. The fourth-order valence-corrected chi connectivity index (χ4v) is 4.56. The van der Waals surface area contributed by atoms with Crippen molar-refractivity contribution in [2.45, 2.75) is 26.1 Å². The van der Waals surface area contributed by atoms with Crippen LogP contribution in [0.4, 0.5) is 29.2 Å². The minimum Gasteiger partial charge on any atom is -0.478 e. The first kappa shape index (κ1) is 24.8. The van der Waals surface area contributed by atoms with Crippen molar-refractivity contribution in [3.63, 3.8) is 0 Å². The van der Waals surface area contributed by atoms with Crippen LogP contribution in [-0.4, -0.2) is 51.7 Å². The summed E-state index contributed by atoms with van der Waals surface area (Å²) in [6.07, 6.45) is -3.69. The molecule has 0 spiro atoms. The molecular weight excluding hydrogens is 494 g/mol. The molecule has 3 heterocycles. The highest BCUT2D eigenvalue weighted by Gasteiger charge is 2.35. The number of rotatable bonds is 5.